The van der Waals surface area contributed by atoms with Gasteiger partial charge in [0, 0.05) is 12.0 Å². The summed E-state index contributed by atoms with van der Waals surface area (Å²) in [7, 11) is -0.862. The molecule has 0 spiro atoms. The monoisotopic (exact) mass is 193 g/mol. The third-order valence-electron chi connectivity index (χ3n) is 2.18. The van der Waals surface area contributed by atoms with E-state index in [1.165, 1.54) is 0 Å². The molecule has 1 heterocycles. The molecule has 1 aromatic carbocycles. The van der Waals surface area contributed by atoms with Gasteiger partial charge in [-0.1, -0.05) is 12.1 Å². The molecule has 0 saturated carbocycles. The molecule has 2 rings (SSSR count). The first-order valence-corrected chi connectivity index (χ1v) is 4.57. The number of benzene rings is 1. The molecule has 74 valence electrons. The molecule has 0 aromatic heterocycles. The minimum absolute atomic E-state index is 0.441. The van der Waals surface area contributed by atoms with Crippen LogP contribution in [0.3, 0.4) is 0 Å². The van der Waals surface area contributed by atoms with Gasteiger partial charge >= 0.3 is 7.12 Å². The van der Waals surface area contributed by atoms with Gasteiger partial charge in [-0.15, -0.1) is 0 Å². The number of hydrogen-bond donors (Lipinski definition) is 2. The zero-order valence-electron chi connectivity index (χ0n) is 7.77. The highest BCUT2D eigenvalue weighted by Crippen LogP contribution is 2.17. The van der Waals surface area contributed by atoms with E-state index in [2.05, 4.69) is 0 Å². The van der Waals surface area contributed by atoms with Gasteiger partial charge in [0.2, 0.25) is 0 Å². The van der Waals surface area contributed by atoms with E-state index in [0.29, 0.717) is 25.5 Å². The van der Waals surface area contributed by atoms with Crippen molar-refractivity contribution < 1.29 is 14.4 Å². The van der Waals surface area contributed by atoms with E-state index in [1.807, 2.05) is 18.2 Å². The lowest BCUT2D eigenvalue weighted by Crippen LogP contribution is -2.30. The fourth-order valence-electron chi connectivity index (χ4n) is 1.54. The van der Waals surface area contributed by atoms with Crippen LogP contribution >= 0.6 is 0 Å². The molecule has 0 bridgehead atoms. The van der Waals surface area contributed by atoms with Gasteiger partial charge in [-0.2, -0.15) is 0 Å². The SMILES string of the molecule is NCCOc1cccc2c1B(O)OC2. The smallest absolute Gasteiger partial charge is 0.493 e. The fraction of sp³-hybridized carbons (Fsp3) is 0.333. The van der Waals surface area contributed by atoms with Gasteiger partial charge in [0.05, 0.1) is 6.61 Å². The first-order valence-electron chi connectivity index (χ1n) is 4.57. The molecule has 0 unspecified atom stereocenters. The summed E-state index contributed by atoms with van der Waals surface area (Å²) in [5.41, 5.74) is 7.05. The molecule has 0 radical (unpaired) electrons. The average Bonchev–Trinajstić information content (AvgIpc) is 2.58. The standard InChI is InChI=1S/C9H12BNO3/c11-4-5-13-8-3-1-2-7-6-14-10(12)9(7)8/h1-3,12H,4-6,11H2. The quantitative estimate of drug-likeness (QED) is 0.619. The number of fused-ring (bicyclic) bond motifs is 1. The first-order chi connectivity index (χ1) is 6.83. The number of nitrogens with two attached hydrogens (primary N) is 1. The molecule has 0 atom stereocenters. The molecule has 0 aliphatic carbocycles. The molecular weight excluding hydrogens is 181 g/mol. The zero-order valence-corrected chi connectivity index (χ0v) is 7.77. The van der Waals surface area contributed by atoms with Gasteiger partial charge in [-0.25, -0.2) is 0 Å². The number of ether oxygens (including phenoxy) is 1. The van der Waals surface area contributed by atoms with Crippen LogP contribution in [0, 0.1) is 0 Å². The maximum atomic E-state index is 9.53. The number of rotatable bonds is 3. The molecule has 0 amide bonds. The maximum Gasteiger partial charge on any atom is 0.495 e. The Morgan fingerprint density at radius 3 is 3.21 bits per heavy atom. The van der Waals surface area contributed by atoms with Crippen LogP contribution in [0.2, 0.25) is 0 Å². The van der Waals surface area contributed by atoms with Crippen molar-refractivity contribution in [2.45, 2.75) is 6.61 Å². The van der Waals surface area contributed by atoms with Crippen LogP contribution in [-0.2, 0) is 11.3 Å². The Morgan fingerprint density at radius 1 is 1.57 bits per heavy atom. The van der Waals surface area contributed by atoms with Crippen molar-refractivity contribution in [1.82, 2.24) is 0 Å². The van der Waals surface area contributed by atoms with Gasteiger partial charge in [0.1, 0.15) is 12.4 Å². The van der Waals surface area contributed by atoms with Crippen LogP contribution in [0.15, 0.2) is 18.2 Å². The predicted octanol–water partition coefficient (Wildman–Crippen LogP) is -0.758. The fourth-order valence-corrected chi connectivity index (χ4v) is 1.54. The lowest BCUT2D eigenvalue weighted by Gasteiger charge is -2.09. The van der Waals surface area contributed by atoms with Gasteiger partial charge < -0.3 is 20.1 Å². The van der Waals surface area contributed by atoms with Gasteiger partial charge in [-0.3, -0.25) is 0 Å². The van der Waals surface area contributed by atoms with Gasteiger partial charge in [-0.05, 0) is 11.6 Å². The molecule has 4 nitrogen and oxygen atoms in total. The second-order valence-corrected chi connectivity index (χ2v) is 3.13. The normalized spacial score (nSPS) is 14.3. The summed E-state index contributed by atoms with van der Waals surface area (Å²) >= 11 is 0. The van der Waals surface area contributed by atoms with E-state index in [-0.39, 0.29) is 0 Å². The van der Waals surface area contributed by atoms with Crippen molar-refractivity contribution in [3.63, 3.8) is 0 Å². The largest absolute Gasteiger partial charge is 0.495 e. The molecule has 1 aromatic rings. The molecular formula is C9H12BNO3. The summed E-state index contributed by atoms with van der Waals surface area (Å²) in [4.78, 5) is 0. The second kappa shape index (κ2) is 4.00. The van der Waals surface area contributed by atoms with Crippen molar-refractivity contribution in [3.8, 4) is 5.75 Å². The van der Waals surface area contributed by atoms with Gasteiger partial charge in [0.15, 0.2) is 0 Å². The van der Waals surface area contributed by atoms with Crippen LogP contribution in [0.25, 0.3) is 0 Å². The highest BCUT2D eigenvalue weighted by atomic mass is 16.5. The summed E-state index contributed by atoms with van der Waals surface area (Å²) in [5, 5.41) is 9.53. The Balaban J connectivity index is 2.27. The molecule has 1 aliphatic heterocycles. The Kier molecular flexibility index (Phi) is 2.72. The maximum absolute atomic E-state index is 9.53. The molecule has 3 N–H and O–H groups in total. The topological polar surface area (TPSA) is 64.7 Å². The molecule has 1 aliphatic rings. The molecule has 5 heteroatoms. The van der Waals surface area contributed by atoms with Crippen LogP contribution in [-0.4, -0.2) is 25.3 Å². The third kappa shape index (κ3) is 1.62. The summed E-state index contributed by atoms with van der Waals surface area (Å²) in [5.74, 6) is 0.665. The Hall–Kier alpha value is -1.04. The highest BCUT2D eigenvalue weighted by molar-refractivity contribution is 6.62. The van der Waals surface area contributed by atoms with E-state index in [9.17, 15) is 5.02 Å². The number of hydrogen-bond acceptors (Lipinski definition) is 4. The van der Waals surface area contributed by atoms with Crippen molar-refractivity contribution in [2.75, 3.05) is 13.2 Å². The highest BCUT2D eigenvalue weighted by Gasteiger charge is 2.30. The first kappa shape index (κ1) is 9.52. The van der Waals surface area contributed by atoms with Crippen molar-refractivity contribution in [3.05, 3.63) is 23.8 Å². The van der Waals surface area contributed by atoms with Crippen molar-refractivity contribution >= 4 is 12.6 Å². The molecule has 0 fully saturated rings. The average molecular weight is 193 g/mol. The lowest BCUT2D eigenvalue weighted by atomic mass is 9.79. The predicted molar refractivity (Wildman–Crippen MR) is 53.4 cm³/mol. The molecule has 0 saturated heterocycles. The van der Waals surface area contributed by atoms with E-state index in [0.717, 1.165) is 11.0 Å². The van der Waals surface area contributed by atoms with E-state index in [4.69, 9.17) is 15.1 Å². The molecule has 14 heavy (non-hydrogen) atoms. The Bertz CT molecular complexity index is 332. The van der Waals surface area contributed by atoms with E-state index < -0.39 is 7.12 Å². The van der Waals surface area contributed by atoms with E-state index in [1.54, 1.807) is 0 Å². The van der Waals surface area contributed by atoms with Crippen molar-refractivity contribution in [1.29, 1.82) is 0 Å². The van der Waals surface area contributed by atoms with E-state index >= 15 is 0 Å². The van der Waals surface area contributed by atoms with Crippen LogP contribution in [0.5, 0.6) is 5.75 Å². The van der Waals surface area contributed by atoms with Gasteiger partial charge in [0.25, 0.3) is 0 Å². The van der Waals surface area contributed by atoms with Crippen LogP contribution < -0.4 is 15.9 Å². The van der Waals surface area contributed by atoms with Crippen LogP contribution in [0.4, 0.5) is 0 Å². The minimum atomic E-state index is -0.862. The van der Waals surface area contributed by atoms with Crippen molar-refractivity contribution in [2.24, 2.45) is 5.73 Å². The Morgan fingerprint density at radius 2 is 2.43 bits per heavy atom. The van der Waals surface area contributed by atoms with Crippen LogP contribution in [0.1, 0.15) is 5.56 Å². The zero-order chi connectivity index (χ0) is 9.97. The summed E-state index contributed by atoms with van der Waals surface area (Å²) in [6, 6.07) is 5.61. The Labute approximate surface area is 82.8 Å². The third-order valence-corrected chi connectivity index (χ3v) is 2.18. The minimum Gasteiger partial charge on any atom is -0.493 e. The lowest BCUT2D eigenvalue weighted by molar-refractivity contribution is 0.275. The summed E-state index contributed by atoms with van der Waals surface area (Å²) < 4.78 is 10.5. The summed E-state index contributed by atoms with van der Waals surface area (Å²) in [6.45, 7) is 1.35. The second-order valence-electron chi connectivity index (χ2n) is 3.13. The summed E-state index contributed by atoms with van der Waals surface area (Å²) in [6.07, 6.45) is 0.